The Bertz CT molecular complexity index is 1010. The summed E-state index contributed by atoms with van der Waals surface area (Å²) in [5.74, 6) is 0.521. The second-order valence-electron chi connectivity index (χ2n) is 8.72. The monoisotopic (exact) mass is 451 g/mol. The minimum Gasteiger partial charge on any atom is -0.370 e. The van der Waals surface area contributed by atoms with E-state index < -0.39 is 6.23 Å². The number of nitrogen functional groups attached to an aromatic ring is 1. The van der Waals surface area contributed by atoms with Crippen molar-refractivity contribution in [1.29, 1.82) is 0 Å². The molecule has 4 rings (SSSR count). The number of hydrogen-bond acceptors (Lipinski definition) is 8. The molecule has 176 valence electrons. The smallest absolute Gasteiger partial charge is 0.234 e. The van der Waals surface area contributed by atoms with E-state index in [-0.39, 0.29) is 17.9 Å². The molecule has 1 amide bonds. The highest BCUT2D eigenvalue weighted by molar-refractivity contribution is 5.80. The van der Waals surface area contributed by atoms with E-state index in [1.807, 2.05) is 17.2 Å². The summed E-state index contributed by atoms with van der Waals surface area (Å²) in [6.07, 6.45) is 6.70. The van der Waals surface area contributed by atoms with Gasteiger partial charge in [0, 0.05) is 25.8 Å². The number of primary amides is 1. The Morgan fingerprint density at radius 2 is 1.94 bits per heavy atom. The lowest BCUT2D eigenvalue weighted by Gasteiger charge is -2.32. The third-order valence-electron chi connectivity index (χ3n) is 6.28. The molecule has 1 fully saturated rings. The lowest BCUT2D eigenvalue weighted by molar-refractivity contribution is -0.122. The summed E-state index contributed by atoms with van der Waals surface area (Å²) >= 11 is 0. The zero-order valence-corrected chi connectivity index (χ0v) is 19.1. The van der Waals surface area contributed by atoms with Gasteiger partial charge in [0.1, 0.15) is 5.82 Å². The maximum absolute atomic E-state index is 11.6. The van der Waals surface area contributed by atoms with Crippen molar-refractivity contribution in [3.8, 4) is 0 Å². The van der Waals surface area contributed by atoms with E-state index in [4.69, 9.17) is 11.5 Å². The van der Waals surface area contributed by atoms with Crippen LogP contribution in [0.1, 0.15) is 61.2 Å². The van der Waals surface area contributed by atoms with Crippen molar-refractivity contribution in [2.45, 2.75) is 58.0 Å². The number of likely N-dealkylation sites (tertiary alicyclic amines) is 1. The van der Waals surface area contributed by atoms with Crippen molar-refractivity contribution >= 4 is 23.7 Å². The summed E-state index contributed by atoms with van der Waals surface area (Å²) in [6, 6.07) is 8.08. The molecule has 0 aliphatic carbocycles. The van der Waals surface area contributed by atoms with Crippen LogP contribution in [0, 0.1) is 0 Å². The molecule has 0 bridgehead atoms. The minimum absolute atomic E-state index is 0.172. The maximum Gasteiger partial charge on any atom is 0.234 e. The van der Waals surface area contributed by atoms with Crippen LogP contribution in [-0.4, -0.2) is 49.9 Å². The standard InChI is InChI=1S/C24H33N7O2/c1-2-3-11-27-22-20-18(28-24(26)29-22)10-13-31(23(20)33)15-17-8-6-16(7-9-17)14-30-12-4-5-19(30)21(25)32/h6-10,13,19,23,33H,2-5,11-12,14-15H2,1H3,(H2,25,32)(H3,26,27,28,29)/t19?,23-/m0/s1. The summed E-state index contributed by atoms with van der Waals surface area (Å²) in [5.41, 5.74) is 14.9. The number of fused-ring (bicyclic) bond motifs is 1. The molecule has 0 radical (unpaired) electrons. The minimum atomic E-state index is -0.879. The molecule has 2 atom stereocenters. The molecular weight excluding hydrogens is 418 g/mol. The third-order valence-corrected chi connectivity index (χ3v) is 6.28. The van der Waals surface area contributed by atoms with E-state index in [0.717, 1.165) is 49.9 Å². The van der Waals surface area contributed by atoms with Gasteiger partial charge in [-0.3, -0.25) is 9.69 Å². The second kappa shape index (κ2) is 10.2. The molecule has 0 saturated carbocycles. The number of carbonyl (C=O) groups excluding carboxylic acids is 1. The summed E-state index contributed by atoms with van der Waals surface area (Å²) in [5, 5.41) is 14.4. The van der Waals surface area contributed by atoms with Crippen molar-refractivity contribution in [2.24, 2.45) is 5.73 Å². The summed E-state index contributed by atoms with van der Waals surface area (Å²) in [7, 11) is 0. The lowest BCUT2D eigenvalue weighted by atomic mass is 10.1. The molecule has 9 heteroatoms. The van der Waals surface area contributed by atoms with Gasteiger partial charge in [-0.25, -0.2) is 4.98 Å². The normalized spacial score (nSPS) is 20.1. The first kappa shape index (κ1) is 23.0. The zero-order chi connectivity index (χ0) is 23.4. The lowest BCUT2D eigenvalue weighted by Crippen LogP contribution is -2.39. The van der Waals surface area contributed by atoms with Crippen LogP contribution in [0.3, 0.4) is 0 Å². The predicted octanol–water partition coefficient (Wildman–Crippen LogP) is 2.20. The fourth-order valence-electron chi connectivity index (χ4n) is 4.49. The van der Waals surface area contributed by atoms with Crippen LogP contribution in [0.25, 0.3) is 6.08 Å². The molecule has 2 aromatic rings. The van der Waals surface area contributed by atoms with Gasteiger partial charge in [-0.1, -0.05) is 37.6 Å². The molecule has 9 nitrogen and oxygen atoms in total. The molecule has 33 heavy (non-hydrogen) atoms. The number of benzene rings is 1. The number of aliphatic hydroxyl groups excluding tert-OH is 1. The number of nitrogens with zero attached hydrogens (tertiary/aromatic N) is 4. The average molecular weight is 452 g/mol. The van der Waals surface area contributed by atoms with E-state index in [9.17, 15) is 9.90 Å². The van der Waals surface area contributed by atoms with Gasteiger partial charge in [0.25, 0.3) is 0 Å². The van der Waals surface area contributed by atoms with Gasteiger partial charge in [0.15, 0.2) is 6.23 Å². The van der Waals surface area contributed by atoms with Crippen molar-refractivity contribution in [3.05, 3.63) is 52.8 Å². The van der Waals surface area contributed by atoms with Gasteiger partial charge in [-0.2, -0.15) is 4.98 Å². The van der Waals surface area contributed by atoms with Crippen LogP contribution in [-0.2, 0) is 17.9 Å². The largest absolute Gasteiger partial charge is 0.370 e. The average Bonchev–Trinajstić information content (AvgIpc) is 3.25. The summed E-state index contributed by atoms with van der Waals surface area (Å²) in [6.45, 7) is 5.01. The highest BCUT2D eigenvalue weighted by atomic mass is 16.3. The molecule has 6 N–H and O–H groups in total. The SMILES string of the molecule is CCCCNc1nc(N)nc2c1[C@H](O)N(Cc1ccc(CN3CCCC3C(N)=O)cc1)C=C2. The Morgan fingerprint density at radius 1 is 1.21 bits per heavy atom. The Kier molecular flexibility index (Phi) is 7.10. The van der Waals surface area contributed by atoms with E-state index >= 15 is 0 Å². The van der Waals surface area contributed by atoms with Crippen molar-refractivity contribution in [3.63, 3.8) is 0 Å². The summed E-state index contributed by atoms with van der Waals surface area (Å²) in [4.78, 5) is 24.2. The van der Waals surface area contributed by atoms with Crippen LogP contribution in [0.2, 0.25) is 0 Å². The predicted molar refractivity (Wildman–Crippen MR) is 128 cm³/mol. The molecular formula is C24H33N7O2. The molecule has 1 unspecified atom stereocenters. The van der Waals surface area contributed by atoms with E-state index in [0.29, 0.717) is 30.2 Å². The maximum atomic E-state index is 11.6. The molecule has 2 aliphatic rings. The van der Waals surface area contributed by atoms with Crippen LogP contribution < -0.4 is 16.8 Å². The van der Waals surface area contributed by atoms with Crippen LogP contribution in [0.5, 0.6) is 0 Å². The third kappa shape index (κ3) is 5.26. The molecule has 1 aromatic carbocycles. The van der Waals surface area contributed by atoms with Crippen LogP contribution >= 0.6 is 0 Å². The first-order valence-corrected chi connectivity index (χ1v) is 11.6. The Morgan fingerprint density at radius 3 is 2.64 bits per heavy atom. The van der Waals surface area contributed by atoms with Gasteiger partial charge in [0.2, 0.25) is 11.9 Å². The Labute approximate surface area is 194 Å². The molecule has 1 saturated heterocycles. The van der Waals surface area contributed by atoms with Gasteiger partial charge in [0.05, 0.1) is 17.3 Å². The Hall–Kier alpha value is -3.17. The number of carbonyl (C=O) groups is 1. The number of aromatic nitrogens is 2. The van der Waals surface area contributed by atoms with Crippen LogP contribution in [0.15, 0.2) is 30.5 Å². The fraction of sp³-hybridized carbons (Fsp3) is 0.458. The number of nitrogens with one attached hydrogen (secondary N) is 1. The van der Waals surface area contributed by atoms with Crippen molar-refractivity contribution < 1.29 is 9.90 Å². The number of anilines is 2. The first-order chi connectivity index (χ1) is 16.0. The first-order valence-electron chi connectivity index (χ1n) is 11.6. The zero-order valence-electron chi connectivity index (χ0n) is 19.1. The highest BCUT2D eigenvalue weighted by Crippen LogP contribution is 2.33. The number of aliphatic hydroxyl groups is 1. The van der Waals surface area contributed by atoms with E-state index in [2.05, 4.69) is 51.4 Å². The van der Waals surface area contributed by atoms with E-state index in [1.165, 1.54) is 0 Å². The molecule has 1 aromatic heterocycles. The van der Waals surface area contributed by atoms with E-state index in [1.54, 1.807) is 0 Å². The molecule has 3 heterocycles. The fourth-order valence-corrected chi connectivity index (χ4v) is 4.49. The molecule has 2 aliphatic heterocycles. The summed E-state index contributed by atoms with van der Waals surface area (Å²) < 4.78 is 0. The van der Waals surface area contributed by atoms with Crippen molar-refractivity contribution in [2.75, 3.05) is 24.1 Å². The molecule has 0 spiro atoms. The second-order valence-corrected chi connectivity index (χ2v) is 8.72. The highest BCUT2D eigenvalue weighted by Gasteiger charge is 2.29. The number of amides is 1. The quantitative estimate of drug-likeness (QED) is 0.426. The van der Waals surface area contributed by atoms with Gasteiger partial charge in [-0.05, 0) is 43.0 Å². The van der Waals surface area contributed by atoms with Crippen LogP contribution in [0.4, 0.5) is 11.8 Å². The topological polar surface area (TPSA) is 134 Å². The number of nitrogens with two attached hydrogens (primary N) is 2. The number of hydrogen-bond donors (Lipinski definition) is 4. The van der Waals surface area contributed by atoms with Crippen molar-refractivity contribution in [1.82, 2.24) is 19.8 Å². The van der Waals surface area contributed by atoms with Gasteiger partial charge in [-0.15, -0.1) is 0 Å². The van der Waals surface area contributed by atoms with Gasteiger partial charge >= 0.3 is 0 Å². The number of rotatable bonds is 9. The van der Waals surface area contributed by atoms with Gasteiger partial charge < -0.3 is 26.8 Å². The number of unbranched alkanes of at least 4 members (excludes halogenated alkanes) is 1. The Balaban J connectivity index is 1.44.